The number of nitrogens with one attached hydrogen (secondary N) is 2. The van der Waals surface area contributed by atoms with Gasteiger partial charge in [0.25, 0.3) is 0 Å². The van der Waals surface area contributed by atoms with Crippen molar-refractivity contribution in [2.75, 3.05) is 18.5 Å². The molecule has 4 aromatic rings. The maximum atomic E-state index is 6.40. The highest BCUT2D eigenvalue weighted by Gasteiger charge is 2.30. The lowest BCUT2D eigenvalue weighted by Crippen LogP contribution is -2.21. The number of hydrogen-bond donors (Lipinski definition) is 2. The van der Waals surface area contributed by atoms with Gasteiger partial charge < -0.3 is 14.8 Å². The van der Waals surface area contributed by atoms with E-state index in [4.69, 9.17) is 14.6 Å². The van der Waals surface area contributed by atoms with Crippen LogP contribution in [0.1, 0.15) is 68.6 Å². The van der Waals surface area contributed by atoms with Crippen LogP contribution < -0.4 is 10.1 Å². The van der Waals surface area contributed by atoms with Crippen molar-refractivity contribution < 1.29 is 9.47 Å². The van der Waals surface area contributed by atoms with Crippen LogP contribution in [0, 0.1) is 0 Å². The minimum absolute atomic E-state index is 0.360. The smallest absolute Gasteiger partial charge is 0.184 e. The average Bonchev–Trinajstić information content (AvgIpc) is 3.41. The summed E-state index contributed by atoms with van der Waals surface area (Å²) in [5.41, 5.74) is 2.62. The van der Waals surface area contributed by atoms with E-state index >= 15 is 0 Å². The van der Waals surface area contributed by atoms with E-state index in [0.29, 0.717) is 23.6 Å². The van der Waals surface area contributed by atoms with Gasteiger partial charge >= 0.3 is 0 Å². The molecule has 36 heavy (non-hydrogen) atoms. The molecule has 1 aliphatic carbocycles. The number of aromatic amines is 1. The zero-order valence-electron chi connectivity index (χ0n) is 20.5. The second-order valence-corrected chi connectivity index (χ2v) is 10.0. The molecule has 0 unspecified atom stereocenters. The lowest BCUT2D eigenvalue weighted by Gasteiger charge is -2.22. The molecule has 0 amide bonds. The van der Waals surface area contributed by atoms with Crippen LogP contribution >= 0.6 is 0 Å². The van der Waals surface area contributed by atoms with E-state index in [-0.39, 0.29) is 0 Å². The second kappa shape index (κ2) is 9.34. The van der Waals surface area contributed by atoms with Crippen molar-refractivity contribution in [3.8, 4) is 11.5 Å². The first kappa shape index (κ1) is 22.7. The van der Waals surface area contributed by atoms with Gasteiger partial charge in [-0.25, -0.2) is 4.98 Å². The first-order chi connectivity index (χ1) is 17.6. The molecule has 1 aliphatic heterocycles. The third-order valence-electron chi connectivity index (χ3n) is 6.97. The second-order valence-electron chi connectivity index (χ2n) is 10.0. The fourth-order valence-electron chi connectivity index (χ4n) is 4.61. The summed E-state index contributed by atoms with van der Waals surface area (Å²) in [7, 11) is 0. The van der Waals surface area contributed by atoms with Crippen LogP contribution in [-0.4, -0.2) is 48.6 Å². The first-order valence-corrected chi connectivity index (χ1v) is 12.5. The molecule has 10 heteroatoms. The third kappa shape index (κ3) is 4.68. The van der Waals surface area contributed by atoms with E-state index in [0.717, 1.165) is 54.5 Å². The number of ether oxygens (including phenoxy) is 2. The minimum atomic E-state index is -0.397. The van der Waals surface area contributed by atoms with Crippen LogP contribution in [0.25, 0.3) is 0 Å². The highest BCUT2D eigenvalue weighted by Crippen LogP contribution is 2.40. The third-order valence-corrected chi connectivity index (χ3v) is 6.97. The fourth-order valence-corrected chi connectivity index (χ4v) is 4.61. The Hall–Kier alpha value is -3.79. The van der Waals surface area contributed by atoms with E-state index in [9.17, 15) is 0 Å². The Balaban J connectivity index is 1.22. The monoisotopic (exact) mass is 486 g/mol. The van der Waals surface area contributed by atoms with Gasteiger partial charge in [-0.1, -0.05) is 17.3 Å². The summed E-state index contributed by atoms with van der Waals surface area (Å²) in [6.45, 7) is 5.68. The van der Waals surface area contributed by atoms with Gasteiger partial charge in [0.1, 0.15) is 17.3 Å². The number of benzene rings is 1. The summed E-state index contributed by atoms with van der Waals surface area (Å²) >= 11 is 0. The maximum absolute atomic E-state index is 6.40. The number of anilines is 2. The number of rotatable bonds is 8. The molecule has 2 fully saturated rings. The Morgan fingerprint density at radius 2 is 1.97 bits per heavy atom. The number of pyridine rings is 1. The largest absolute Gasteiger partial charge is 0.454 e. The van der Waals surface area contributed by atoms with Crippen LogP contribution in [0.5, 0.6) is 11.5 Å². The number of nitrogens with zero attached hydrogens (tertiary/aromatic N) is 6. The van der Waals surface area contributed by atoms with Gasteiger partial charge in [-0.05, 0) is 63.3 Å². The molecular formula is C26H30N8O2. The van der Waals surface area contributed by atoms with E-state index in [1.807, 2.05) is 24.3 Å². The number of tetrazole rings is 1. The van der Waals surface area contributed by atoms with Crippen molar-refractivity contribution in [2.24, 2.45) is 0 Å². The van der Waals surface area contributed by atoms with Gasteiger partial charge in [-0.15, -0.1) is 10.2 Å². The Morgan fingerprint density at radius 1 is 1.11 bits per heavy atom. The van der Waals surface area contributed by atoms with E-state index in [1.54, 1.807) is 6.20 Å². The van der Waals surface area contributed by atoms with Crippen LogP contribution in [0.2, 0.25) is 0 Å². The standard InChI is InChI=1S/C26H30N8O2/c1-26(2,25-29-32-33-30-25)18-4-3-5-19(14-18)28-23-15-21(8-11-27-23)36-22-16-34(20-6-7-20)31-24(22)17-9-12-35-13-10-17/h3-5,8,11,14-17,20H,6-7,9-10,12-13H2,1-2H3,(H,27,28)(H,29,30,32,33). The highest BCUT2D eigenvalue weighted by molar-refractivity contribution is 5.59. The number of hydrogen-bond acceptors (Lipinski definition) is 8. The number of aromatic nitrogens is 7. The molecule has 1 saturated carbocycles. The SMILES string of the molecule is CC(C)(c1cccc(Nc2cc(Oc3cn(C4CC4)nc3C3CCOCC3)ccn2)c1)c1nn[nH]n1. The highest BCUT2D eigenvalue weighted by atomic mass is 16.5. The predicted molar refractivity (Wildman–Crippen MR) is 134 cm³/mol. The Bertz CT molecular complexity index is 1320. The molecule has 3 aromatic heterocycles. The molecule has 2 N–H and O–H groups in total. The Labute approximate surface area is 209 Å². The number of H-pyrrole nitrogens is 1. The van der Waals surface area contributed by atoms with Crippen molar-refractivity contribution in [1.29, 1.82) is 0 Å². The zero-order valence-corrected chi connectivity index (χ0v) is 20.5. The molecule has 1 saturated heterocycles. The van der Waals surface area contributed by atoms with Crippen molar-refractivity contribution in [1.82, 2.24) is 35.4 Å². The summed E-state index contributed by atoms with van der Waals surface area (Å²) < 4.78 is 14.0. The molecule has 0 radical (unpaired) electrons. The van der Waals surface area contributed by atoms with Gasteiger partial charge in [0, 0.05) is 37.1 Å². The van der Waals surface area contributed by atoms with Crippen molar-refractivity contribution in [3.63, 3.8) is 0 Å². The summed E-state index contributed by atoms with van der Waals surface area (Å²) in [6, 6.07) is 12.4. The normalized spacial score (nSPS) is 16.7. The first-order valence-electron chi connectivity index (χ1n) is 12.5. The summed E-state index contributed by atoms with van der Waals surface area (Å²) in [5.74, 6) is 3.25. The van der Waals surface area contributed by atoms with Gasteiger partial charge in [0.2, 0.25) is 0 Å². The average molecular weight is 487 g/mol. The van der Waals surface area contributed by atoms with Crippen LogP contribution in [0.15, 0.2) is 48.8 Å². The van der Waals surface area contributed by atoms with Crippen LogP contribution in [0.4, 0.5) is 11.5 Å². The lowest BCUT2D eigenvalue weighted by molar-refractivity contribution is 0.0839. The van der Waals surface area contributed by atoms with Gasteiger partial charge in [0.05, 0.1) is 17.7 Å². The molecule has 10 nitrogen and oxygen atoms in total. The molecule has 2 aliphatic rings. The van der Waals surface area contributed by atoms with Crippen molar-refractivity contribution in [2.45, 2.75) is 56.9 Å². The molecule has 0 spiro atoms. The summed E-state index contributed by atoms with van der Waals surface area (Å²) in [5, 5.41) is 22.9. The van der Waals surface area contributed by atoms with Crippen LogP contribution in [-0.2, 0) is 10.2 Å². The zero-order chi connectivity index (χ0) is 24.5. The molecule has 1 aromatic carbocycles. The van der Waals surface area contributed by atoms with Crippen molar-refractivity contribution in [3.05, 3.63) is 65.9 Å². The fraction of sp³-hybridized carbons (Fsp3) is 0.423. The molecule has 0 atom stereocenters. The molecule has 0 bridgehead atoms. The Morgan fingerprint density at radius 3 is 2.75 bits per heavy atom. The van der Waals surface area contributed by atoms with Gasteiger partial charge in [-0.3, -0.25) is 4.68 Å². The minimum Gasteiger partial charge on any atom is -0.454 e. The van der Waals surface area contributed by atoms with E-state index in [2.05, 4.69) is 67.8 Å². The van der Waals surface area contributed by atoms with E-state index in [1.165, 1.54) is 12.8 Å². The predicted octanol–water partition coefficient (Wildman–Crippen LogP) is 4.88. The molecule has 4 heterocycles. The molecule has 6 rings (SSSR count). The van der Waals surface area contributed by atoms with E-state index < -0.39 is 5.41 Å². The van der Waals surface area contributed by atoms with Crippen LogP contribution in [0.3, 0.4) is 0 Å². The summed E-state index contributed by atoms with van der Waals surface area (Å²) in [6.07, 6.45) is 8.11. The van der Waals surface area contributed by atoms with Gasteiger partial charge in [-0.2, -0.15) is 10.3 Å². The quantitative estimate of drug-likeness (QED) is 0.362. The van der Waals surface area contributed by atoms with Crippen molar-refractivity contribution >= 4 is 11.5 Å². The Kier molecular flexibility index (Phi) is 5.88. The van der Waals surface area contributed by atoms with Gasteiger partial charge in [0.15, 0.2) is 11.6 Å². The summed E-state index contributed by atoms with van der Waals surface area (Å²) in [4.78, 5) is 4.51. The topological polar surface area (TPSA) is 116 Å². The maximum Gasteiger partial charge on any atom is 0.184 e. The molecule has 186 valence electrons. The lowest BCUT2D eigenvalue weighted by atomic mass is 9.84. The molecular weight excluding hydrogens is 456 g/mol.